The summed E-state index contributed by atoms with van der Waals surface area (Å²) in [7, 11) is 0.301. The zero-order valence-corrected chi connectivity index (χ0v) is 39.1. The molecule has 1 radical (unpaired) electrons. The summed E-state index contributed by atoms with van der Waals surface area (Å²) < 4.78 is 12.0. The summed E-state index contributed by atoms with van der Waals surface area (Å²) in [4.78, 5) is 14.0. The SMILES string of the molecule is COc1cc[c-]c(-c2cc(C(C)C)c([Si](C)(C)C)cn2)c1.Cc1cc(-c2cccc(-c3cccc4c3oc3c(-c5cc6ccccc6cn5)[c-]cc(C)c34)c2)cc(C)n1.[Ir]. The summed E-state index contributed by atoms with van der Waals surface area (Å²) >= 11 is 0. The van der Waals surface area contributed by atoms with Crippen LogP contribution in [0.2, 0.25) is 19.6 Å². The van der Waals surface area contributed by atoms with Gasteiger partial charge in [-0.2, -0.15) is 0 Å². The molecule has 9 aromatic rings. The van der Waals surface area contributed by atoms with Crippen molar-refractivity contribution in [3.8, 4) is 50.5 Å². The van der Waals surface area contributed by atoms with Crippen molar-refractivity contribution in [3.05, 3.63) is 162 Å². The Morgan fingerprint density at radius 3 is 2.13 bits per heavy atom. The van der Waals surface area contributed by atoms with E-state index in [2.05, 4.69) is 154 Å². The van der Waals surface area contributed by atoms with Gasteiger partial charge in [-0.1, -0.05) is 130 Å². The van der Waals surface area contributed by atoms with E-state index in [0.717, 1.165) is 94.6 Å². The number of hydrogen-bond donors (Lipinski definition) is 0. The molecule has 0 fully saturated rings. The molecule has 0 aliphatic carbocycles. The summed E-state index contributed by atoms with van der Waals surface area (Å²) in [5.41, 5.74) is 14.5. The van der Waals surface area contributed by atoms with Gasteiger partial charge in [0.2, 0.25) is 0 Å². The first-order chi connectivity index (χ1) is 28.4. The Morgan fingerprint density at radius 1 is 0.683 bits per heavy atom. The fourth-order valence-corrected chi connectivity index (χ4v) is 9.63. The first kappa shape index (κ1) is 42.4. The molecule has 303 valence electrons. The van der Waals surface area contributed by atoms with Gasteiger partial charge in [0.1, 0.15) is 5.58 Å². The monoisotopic (exact) mass is 980 g/mol. The third-order valence-electron chi connectivity index (χ3n) is 10.9. The molecule has 5 aromatic carbocycles. The second-order valence-corrected chi connectivity index (χ2v) is 21.7. The Hall–Kier alpha value is -5.72. The maximum Gasteiger partial charge on any atom is 0.128 e. The zero-order chi connectivity index (χ0) is 41.4. The van der Waals surface area contributed by atoms with Gasteiger partial charge < -0.3 is 19.1 Å². The van der Waals surface area contributed by atoms with Gasteiger partial charge in [-0.05, 0) is 82.0 Å². The van der Waals surface area contributed by atoms with E-state index in [-0.39, 0.29) is 20.1 Å². The third kappa shape index (κ3) is 8.62. The number of aromatic nitrogens is 3. The fourth-order valence-electron chi connectivity index (χ4n) is 7.95. The van der Waals surface area contributed by atoms with Gasteiger partial charge in [-0.3, -0.25) is 4.98 Å². The number of aryl methyl sites for hydroxylation is 3. The maximum absolute atomic E-state index is 6.72. The number of ether oxygens (including phenoxy) is 1. The molecule has 9 rings (SSSR count). The van der Waals surface area contributed by atoms with E-state index in [1.165, 1.54) is 16.3 Å². The number of fused-ring (bicyclic) bond motifs is 4. The van der Waals surface area contributed by atoms with E-state index in [1.54, 1.807) is 7.11 Å². The Morgan fingerprint density at radius 2 is 1.40 bits per heavy atom. The van der Waals surface area contributed by atoms with Crippen molar-refractivity contribution in [2.75, 3.05) is 7.11 Å². The van der Waals surface area contributed by atoms with Crippen LogP contribution >= 0.6 is 0 Å². The van der Waals surface area contributed by atoms with E-state index >= 15 is 0 Å². The van der Waals surface area contributed by atoms with Crippen LogP contribution in [0.4, 0.5) is 0 Å². The molecule has 0 unspecified atom stereocenters. The molecule has 60 heavy (non-hydrogen) atoms. The van der Waals surface area contributed by atoms with Crippen molar-refractivity contribution >= 4 is 46.0 Å². The zero-order valence-electron chi connectivity index (χ0n) is 35.7. The molecule has 0 amide bonds. The average Bonchev–Trinajstić information content (AvgIpc) is 3.64. The van der Waals surface area contributed by atoms with Crippen LogP contribution in [-0.2, 0) is 20.1 Å². The van der Waals surface area contributed by atoms with Crippen molar-refractivity contribution in [2.24, 2.45) is 0 Å². The molecule has 0 spiro atoms. The number of pyridine rings is 3. The molecule has 4 heterocycles. The molecule has 0 N–H and O–H groups in total. The second-order valence-electron chi connectivity index (χ2n) is 16.7. The van der Waals surface area contributed by atoms with Crippen LogP contribution in [0.15, 0.2) is 132 Å². The largest absolute Gasteiger partial charge is 0.516 e. The van der Waals surface area contributed by atoms with Gasteiger partial charge in [0.05, 0.1) is 20.8 Å². The van der Waals surface area contributed by atoms with Crippen LogP contribution < -0.4 is 9.92 Å². The molecule has 0 atom stereocenters. The topological polar surface area (TPSA) is 61.0 Å². The summed E-state index contributed by atoms with van der Waals surface area (Å²) in [6.07, 6.45) is 4.00. The number of furan rings is 1. The molecule has 4 aromatic heterocycles. The first-order valence-electron chi connectivity index (χ1n) is 20.2. The standard InChI is InChI=1S/C35H25N2O.C18H24NOSi.Ir/c1-21-14-15-30(32-19-25-8-4-5-9-27(25)20-36-32)35-33(21)31-13-7-12-29(34(31)38-35)26-11-6-10-24(18-26)28-16-22(2)37-23(3)17-28;1-13(2)16-11-17(19-12-18(16)21(4,5)6)14-8-7-9-15(10-14)20-3;/h4-14,16-20H,1-3H3;7,9-13H,1-6H3;/q2*-1;. The molecule has 5 nitrogen and oxygen atoms in total. The molecular weight excluding hydrogens is 931 g/mol. The summed E-state index contributed by atoms with van der Waals surface area (Å²) in [6.45, 7) is 17.8. The quantitative estimate of drug-likeness (QED) is 0.118. The minimum absolute atomic E-state index is 0. The van der Waals surface area contributed by atoms with E-state index in [4.69, 9.17) is 14.1 Å². The molecule has 0 aliphatic heterocycles. The average molecular weight is 980 g/mol. The molecule has 0 aliphatic rings. The number of methoxy groups -OCH3 is 1. The van der Waals surface area contributed by atoms with Crippen LogP contribution in [-0.4, -0.2) is 30.1 Å². The van der Waals surface area contributed by atoms with Crippen LogP contribution in [0.1, 0.15) is 42.3 Å². The van der Waals surface area contributed by atoms with Gasteiger partial charge >= 0.3 is 0 Å². The Balaban J connectivity index is 0.000000212. The van der Waals surface area contributed by atoms with E-state index in [9.17, 15) is 0 Å². The Bertz CT molecular complexity index is 2980. The third-order valence-corrected chi connectivity index (χ3v) is 12.9. The number of rotatable bonds is 7. The minimum Gasteiger partial charge on any atom is -0.516 e. The fraction of sp³-hybridized carbons (Fsp3) is 0.189. The maximum atomic E-state index is 6.72. The molecule has 0 saturated carbocycles. The van der Waals surface area contributed by atoms with Crippen LogP contribution in [0.3, 0.4) is 0 Å². The smallest absolute Gasteiger partial charge is 0.128 e. The Kier molecular flexibility index (Phi) is 12.3. The van der Waals surface area contributed by atoms with Crippen molar-refractivity contribution in [1.29, 1.82) is 0 Å². The predicted octanol–water partition coefficient (Wildman–Crippen LogP) is 13.5. The minimum atomic E-state index is -1.38. The van der Waals surface area contributed by atoms with E-state index in [1.807, 2.05) is 50.4 Å². The molecule has 0 bridgehead atoms. The van der Waals surface area contributed by atoms with Crippen LogP contribution in [0.5, 0.6) is 5.75 Å². The van der Waals surface area contributed by atoms with E-state index < -0.39 is 8.07 Å². The van der Waals surface area contributed by atoms with Crippen molar-refractivity contribution in [1.82, 2.24) is 15.0 Å². The molecule has 7 heteroatoms. The van der Waals surface area contributed by atoms with E-state index in [0.29, 0.717) is 5.92 Å². The number of hydrogen-bond acceptors (Lipinski definition) is 5. The van der Waals surface area contributed by atoms with Gasteiger partial charge in [-0.25, -0.2) is 0 Å². The summed E-state index contributed by atoms with van der Waals surface area (Å²) in [5.74, 6) is 1.34. The van der Waals surface area contributed by atoms with Crippen LogP contribution in [0, 0.1) is 32.9 Å². The molecule has 0 saturated heterocycles. The van der Waals surface area contributed by atoms with Gasteiger partial charge in [0.25, 0.3) is 0 Å². The van der Waals surface area contributed by atoms with Crippen molar-refractivity contribution in [2.45, 2.75) is 60.2 Å². The van der Waals surface area contributed by atoms with Crippen molar-refractivity contribution < 1.29 is 29.3 Å². The first-order valence-corrected chi connectivity index (χ1v) is 23.7. The van der Waals surface area contributed by atoms with Gasteiger partial charge in [0, 0.05) is 60.6 Å². The Labute approximate surface area is 368 Å². The second kappa shape index (κ2) is 17.5. The predicted molar refractivity (Wildman–Crippen MR) is 248 cm³/mol. The van der Waals surface area contributed by atoms with Crippen LogP contribution in [0.25, 0.3) is 77.5 Å². The molecular formula is C53H49IrN3O2Si-2. The van der Waals surface area contributed by atoms with Gasteiger partial charge in [0.15, 0.2) is 0 Å². The summed E-state index contributed by atoms with van der Waals surface area (Å²) in [5, 5.41) is 5.93. The number of benzene rings is 5. The number of nitrogens with zero attached hydrogens (tertiary/aromatic N) is 3. The normalized spacial score (nSPS) is 11.4. The summed E-state index contributed by atoms with van der Waals surface area (Å²) in [6, 6.07) is 46.5. The number of para-hydroxylation sites is 1. The van der Waals surface area contributed by atoms with Crippen molar-refractivity contribution in [3.63, 3.8) is 0 Å². The van der Waals surface area contributed by atoms with Gasteiger partial charge in [-0.15, -0.1) is 47.5 Å².